The maximum absolute atomic E-state index is 11.2. The number of fused-ring (bicyclic) bond motifs is 1. The van der Waals surface area contributed by atoms with Crippen LogP contribution in [0.1, 0.15) is 31.1 Å². The Morgan fingerprint density at radius 1 is 1.17 bits per heavy atom. The highest BCUT2D eigenvalue weighted by molar-refractivity contribution is 5.90. The van der Waals surface area contributed by atoms with Crippen LogP contribution in [0.2, 0.25) is 0 Å². The van der Waals surface area contributed by atoms with Crippen molar-refractivity contribution < 1.29 is 9.90 Å². The van der Waals surface area contributed by atoms with E-state index < -0.39 is 5.97 Å². The number of aromatic carboxylic acids is 1. The van der Waals surface area contributed by atoms with Crippen molar-refractivity contribution in [3.05, 3.63) is 54.2 Å². The van der Waals surface area contributed by atoms with Gasteiger partial charge in [-0.05, 0) is 45.0 Å². The molecule has 0 saturated heterocycles. The number of nitrogens with one attached hydrogen (secondary N) is 1. The third kappa shape index (κ3) is 3.04. The number of imidazole rings is 1. The second-order valence-corrected chi connectivity index (χ2v) is 6.50. The van der Waals surface area contributed by atoms with Gasteiger partial charge in [-0.15, -0.1) is 0 Å². The summed E-state index contributed by atoms with van der Waals surface area (Å²) in [6, 6.07) is 12.7. The van der Waals surface area contributed by atoms with Gasteiger partial charge in [-0.3, -0.25) is 4.40 Å². The Morgan fingerprint density at radius 2 is 1.96 bits per heavy atom. The van der Waals surface area contributed by atoms with Crippen LogP contribution in [0.25, 0.3) is 16.9 Å². The zero-order chi connectivity index (χ0) is 16.6. The molecule has 0 atom stereocenters. The van der Waals surface area contributed by atoms with E-state index in [4.69, 9.17) is 0 Å². The summed E-state index contributed by atoms with van der Waals surface area (Å²) in [5.41, 5.74) is 2.44. The largest absolute Gasteiger partial charge is 0.478 e. The number of nitrogens with zero attached hydrogens (tertiary/aromatic N) is 2. The standard InChI is InChI=1S/C18H19N3O2/c1-18(2,3)20-16-15(19-14-9-4-5-10-21(14)16)12-7-6-8-13(11-12)17(22)23/h4-11,20H,1-3H3,(H,22,23). The van der Waals surface area contributed by atoms with Crippen LogP contribution in [-0.2, 0) is 0 Å². The number of benzene rings is 1. The molecule has 0 fully saturated rings. The summed E-state index contributed by atoms with van der Waals surface area (Å²) in [6.07, 6.45) is 1.95. The van der Waals surface area contributed by atoms with Crippen LogP contribution >= 0.6 is 0 Å². The van der Waals surface area contributed by atoms with Gasteiger partial charge in [0.05, 0.1) is 5.56 Å². The lowest BCUT2D eigenvalue weighted by Gasteiger charge is -2.22. The fraction of sp³-hybridized carbons (Fsp3) is 0.222. The van der Waals surface area contributed by atoms with Crippen LogP contribution in [0.4, 0.5) is 5.82 Å². The maximum Gasteiger partial charge on any atom is 0.335 e. The minimum atomic E-state index is -0.944. The van der Waals surface area contributed by atoms with E-state index in [0.29, 0.717) is 0 Å². The summed E-state index contributed by atoms with van der Waals surface area (Å²) < 4.78 is 1.98. The molecular formula is C18H19N3O2. The summed E-state index contributed by atoms with van der Waals surface area (Å²) in [4.78, 5) is 15.9. The first-order valence-corrected chi connectivity index (χ1v) is 7.44. The summed E-state index contributed by atoms with van der Waals surface area (Å²) in [5.74, 6) is -0.0865. The lowest BCUT2D eigenvalue weighted by atomic mass is 10.1. The second kappa shape index (κ2) is 5.43. The number of hydrogen-bond donors (Lipinski definition) is 2. The molecule has 3 rings (SSSR count). The maximum atomic E-state index is 11.2. The summed E-state index contributed by atoms with van der Waals surface area (Å²) >= 11 is 0. The molecule has 0 aliphatic heterocycles. The molecule has 2 heterocycles. The van der Waals surface area contributed by atoms with Gasteiger partial charge in [-0.2, -0.15) is 0 Å². The molecule has 118 valence electrons. The van der Waals surface area contributed by atoms with Gasteiger partial charge >= 0.3 is 5.97 Å². The van der Waals surface area contributed by atoms with Crippen LogP contribution in [-0.4, -0.2) is 26.0 Å². The van der Waals surface area contributed by atoms with Crippen molar-refractivity contribution in [2.24, 2.45) is 0 Å². The third-order valence-corrected chi connectivity index (χ3v) is 3.41. The topological polar surface area (TPSA) is 66.6 Å². The van der Waals surface area contributed by atoms with Crippen molar-refractivity contribution in [2.45, 2.75) is 26.3 Å². The van der Waals surface area contributed by atoms with Gasteiger partial charge in [0, 0.05) is 17.3 Å². The molecule has 0 radical (unpaired) electrons. The molecule has 2 aromatic heterocycles. The van der Waals surface area contributed by atoms with Gasteiger partial charge in [0.15, 0.2) is 0 Å². The lowest BCUT2D eigenvalue weighted by molar-refractivity contribution is 0.0697. The average Bonchev–Trinajstić information content (AvgIpc) is 2.84. The zero-order valence-electron chi connectivity index (χ0n) is 13.4. The SMILES string of the molecule is CC(C)(C)Nc1c(-c2cccc(C(=O)O)c2)nc2ccccn12. The highest BCUT2D eigenvalue weighted by Crippen LogP contribution is 2.31. The minimum absolute atomic E-state index is 0.148. The quantitative estimate of drug-likeness (QED) is 0.770. The second-order valence-electron chi connectivity index (χ2n) is 6.50. The molecular weight excluding hydrogens is 290 g/mol. The van der Waals surface area contributed by atoms with Gasteiger partial charge in [-0.1, -0.05) is 18.2 Å². The predicted molar refractivity (Wildman–Crippen MR) is 91.0 cm³/mol. The van der Waals surface area contributed by atoms with Crippen LogP contribution in [0, 0.1) is 0 Å². The monoisotopic (exact) mass is 309 g/mol. The first-order valence-electron chi connectivity index (χ1n) is 7.44. The molecule has 2 N–H and O–H groups in total. The van der Waals surface area contributed by atoms with Crippen molar-refractivity contribution in [3.8, 4) is 11.3 Å². The van der Waals surface area contributed by atoms with E-state index in [1.54, 1.807) is 18.2 Å². The minimum Gasteiger partial charge on any atom is -0.478 e. The predicted octanol–water partition coefficient (Wildman–Crippen LogP) is 3.91. The van der Waals surface area contributed by atoms with Crippen LogP contribution in [0.5, 0.6) is 0 Å². The molecule has 0 amide bonds. The first kappa shape index (κ1) is 15.1. The van der Waals surface area contributed by atoms with Gasteiger partial charge in [0.2, 0.25) is 0 Å². The van der Waals surface area contributed by atoms with Crippen molar-refractivity contribution in [1.29, 1.82) is 0 Å². The molecule has 0 saturated carbocycles. The van der Waals surface area contributed by atoms with Crippen LogP contribution in [0.15, 0.2) is 48.7 Å². The van der Waals surface area contributed by atoms with Gasteiger partial charge in [0.25, 0.3) is 0 Å². The Kier molecular flexibility index (Phi) is 3.56. The molecule has 0 unspecified atom stereocenters. The zero-order valence-corrected chi connectivity index (χ0v) is 13.4. The van der Waals surface area contributed by atoms with Gasteiger partial charge in [-0.25, -0.2) is 9.78 Å². The Labute approximate surface area is 134 Å². The van der Waals surface area contributed by atoms with Crippen molar-refractivity contribution >= 4 is 17.4 Å². The average molecular weight is 309 g/mol. The van der Waals surface area contributed by atoms with E-state index in [2.05, 4.69) is 31.1 Å². The smallest absolute Gasteiger partial charge is 0.335 e. The number of rotatable bonds is 3. The Morgan fingerprint density at radius 3 is 2.65 bits per heavy atom. The Hall–Kier alpha value is -2.82. The lowest BCUT2D eigenvalue weighted by Crippen LogP contribution is -2.27. The summed E-state index contributed by atoms with van der Waals surface area (Å²) in [6.45, 7) is 6.23. The summed E-state index contributed by atoms with van der Waals surface area (Å²) in [7, 11) is 0. The normalized spacial score (nSPS) is 11.6. The van der Waals surface area contributed by atoms with Gasteiger partial charge < -0.3 is 10.4 Å². The number of carboxylic acid groups (broad SMARTS) is 1. The van der Waals surface area contributed by atoms with E-state index in [-0.39, 0.29) is 11.1 Å². The first-order chi connectivity index (χ1) is 10.8. The number of anilines is 1. The molecule has 0 bridgehead atoms. The van der Waals surface area contributed by atoms with E-state index in [1.165, 1.54) is 0 Å². The number of hydrogen-bond acceptors (Lipinski definition) is 3. The van der Waals surface area contributed by atoms with Crippen LogP contribution < -0.4 is 5.32 Å². The summed E-state index contributed by atoms with van der Waals surface area (Å²) in [5, 5.41) is 12.7. The number of carboxylic acids is 1. The van der Waals surface area contributed by atoms with Crippen LogP contribution in [0.3, 0.4) is 0 Å². The Bertz CT molecular complexity index is 875. The van der Waals surface area contributed by atoms with Gasteiger partial charge in [0.1, 0.15) is 17.2 Å². The molecule has 5 nitrogen and oxygen atoms in total. The number of carbonyl (C=O) groups is 1. The fourth-order valence-corrected chi connectivity index (χ4v) is 2.47. The number of aromatic nitrogens is 2. The van der Waals surface area contributed by atoms with Crippen molar-refractivity contribution in [2.75, 3.05) is 5.32 Å². The van der Waals surface area contributed by atoms with E-state index in [1.807, 2.05) is 34.9 Å². The van der Waals surface area contributed by atoms with E-state index in [0.717, 1.165) is 22.7 Å². The van der Waals surface area contributed by atoms with Crippen molar-refractivity contribution in [1.82, 2.24) is 9.38 Å². The fourth-order valence-electron chi connectivity index (χ4n) is 2.47. The molecule has 1 aromatic carbocycles. The molecule has 23 heavy (non-hydrogen) atoms. The highest BCUT2D eigenvalue weighted by Gasteiger charge is 2.19. The molecule has 0 aliphatic carbocycles. The number of pyridine rings is 1. The molecule has 0 aliphatic rings. The molecule has 5 heteroatoms. The highest BCUT2D eigenvalue weighted by atomic mass is 16.4. The third-order valence-electron chi connectivity index (χ3n) is 3.41. The molecule has 3 aromatic rings. The molecule has 0 spiro atoms. The Balaban J connectivity index is 2.22. The van der Waals surface area contributed by atoms with E-state index in [9.17, 15) is 9.90 Å². The van der Waals surface area contributed by atoms with Crippen molar-refractivity contribution in [3.63, 3.8) is 0 Å². The van der Waals surface area contributed by atoms with E-state index >= 15 is 0 Å².